The van der Waals surface area contributed by atoms with Crippen LogP contribution < -0.4 is 0 Å². The molecular formula is C22H21N3O4. The zero-order valence-electron chi connectivity index (χ0n) is 16.0. The van der Waals surface area contributed by atoms with Crippen LogP contribution in [0.2, 0.25) is 0 Å². The number of amides is 1. The molecule has 4 rings (SSSR count). The first-order chi connectivity index (χ1) is 14.1. The fourth-order valence-electron chi connectivity index (χ4n) is 3.44. The van der Waals surface area contributed by atoms with Crippen LogP contribution in [-0.2, 0) is 20.9 Å². The maximum atomic E-state index is 12.5. The van der Waals surface area contributed by atoms with E-state index in [1.54, 1.807) is 4.90 Å². The van der Waals surface area contributed by atoms with Crippen LogP contribution in [0.3, 0.4) is 0 Å². The van der Waals surface area contributed by atoms with E-state index in [2.05, 4.69) is 10.2 Å². The van der Waals surface area contributed by atoms with Crippen LogP contribution in [0.25, 0.3) is 11.5 Å². The van der Waals surface area contributed by atoms with Crippen LogP contribution in [0.4, 0.5) is 0 Å². The molecular weight excluding hydrogens is 370 g/mol. The highest BCUT2D eigenvalue weighted by molar-refractivity contribution is 5.87. The lowest BCUT2D eigenvalue weighted by Gasteiger charge is -2.25. The van der Waals surface area contributed by atoms with E-state index in [0.717, 1.165) is 11.1 Å². The van der Waals surface area contributed by atoms with Crippen molar-refractivity contribution in [2.75, 3.05) is 6.54 Å². The number of carbonyl (C=O) groups is 2. The van der Waals surface area contributed by atoms with E-state index in [1.807, 2.05) is 67.6 Å². The monoisotopic (exact) mass is 391 g/mol. The SMILES string of the molecule is C[C@H](c1ccccc1)N1C[C@@H](C(=O)OCc2nnc(-c3ccccc3)o2)CC1=O. The summed E-state index contributed by atoms with van der Waals surface area (Å²) in [6, 6.07) is 19.0. The number of benzene rings is 2. The highest BCUT2D eigenvalue weighted by Gasteiger charge is 2.38. The lowest BCUT2D eigenvalue weighted by molar-refractivity contribution is -0.150. The minimum absolute atomic E-state index is 0.0487. The molecule has 0 N–H and O–H groups in total. The normalized spacial score (nSPS) is 17.3. The Balaban J connectivity index is 1.34. The number of hydrogen-bond acceptors (Lipinski definition) is 6. The van der Waals surface area contributed by atoms with Crippen LogP contribution in [0, 0.1) is 5.92 Å². The van der Waals surface area contributed by atoms with Gasteiger partial charge >= 0.3 is 5.97 Å². The van der Waals surface area contributed by atoms with Crippen molar-refractivity contribution in [2.24, 2.45) is 5.92 Å². The number of ether oxygens (including phenoxy) is 1. The molecule has 0 radical (unpaired) electrons. The lowest BCUT2D eigenvalue weighted by atomic mass is 10.1. The Morgan fingerprint density at radius 1 is 1.14 bits per heavy atom. The summed E-state index contributed by atoms with van der Waals surface area (Å²) in [7, 11) is 0. The van der Waals surface area contributed by atoms with Crippen molar-refractivity contribution < 1.29 is 18.7 Å². The Bertz CT molecular complexity index is 988. The maximum Gasteiger partial charge on any atom is 0.311 e. The number of likely N-dealkylation sites (tertiary alicyclic amines) is 1. The molecule has 1 amide bonds. The van der Waals surface area contributed by atoms with E-state index in [4.69, 9.17) is 9.15 Å². The van der Waals surface area contributed by atoms with E-state index in [-0.39, 0.29) is 30.9 Å². The summed E-state index contributed by atoms with van der Waals surface area (Å²) < 4.78 is 10.9. The number of aromatic nitrogens is 2. The third-order valence-electron chi connectivity index (χ3n) is 5.07. The highest BCUT2D eigenvalue weighted by atomic mass is 16.5. The second-order valence-corrected chi connectivity index (χ2v) is 7.01. The Morgan fingerprint density at radius 2 is 1.83 bits per heavy atom. The average molecular weight is 391 g/mol. The van der Waals surface area contributed by atoms with E-state index in [9.17, 15) is 9.59 Å². The van der Waals surface area contributed by atoms with Crippen molar-refractivity contribution in [3.8, 4) is 11.5 Å². The number of esters is 1. The van der Waals surface area contributed by atoms with Gasteiger partial charge in [0.15, 0.2) is 6.61 Å². The highest BCUT2D eigenvalue weighted by Crippen LogP contribution is 2.29. The molecule has 0 spiro atoms. The van der Waals surface area contributed by atoms with Gasteiger partial charge in [0.05, 0.1) is 12.0 Å². The molecule has 1 fully saturated rings. The second kappa shape index (κ2) is 8.26. The molecule has 1 aliphatic heterocycles. The van der Waals surface area contributed by atoms with Crippen molar-refractivity contribution in [1.82, 2.24) is 15.1 Å². The lowest BCUT2D eigenvalue weighted by Crippen LogP contribution is -2.29. The molecule has 148 valence electrons. The summed E-state index contributed by atoms with van der Waals surface area (Å²) in [5, 5.41) is 7.89. The molecule has 1 aliphatic rings. The van der Waals surface area contributed by atoms with Crippen molar-refractivity contribution in [3.63, 3.8) is 0 Å². The first-order valence-corrected chi connectivity index (χ1v) is 9.50. The number of nitrogens with zero attached hydrogens (tertiary/aromatic N) is 3. The van der Waals surface area contributed by atoms with Gasteiger partial charge in [0.25, 0.3) is 5.89 Å². The first-order valence-electron chi connectivity index (χ1n) is 9.50. The summed E-state index contributed by atoms with van der Waals surface area (Å²) in [6.07, 6.45) is 0.148. The Morgan fingerprint density at radius 3 is 2.55 bits per heavy atom. The molecule has 29 heavy (non-hydrogen) atoms. The number of hydrogen-bond donors (Lipinski definition) is 0. The van der Waals surface area contributed by atoms with Gasteiger partial charge in [0.2, 0.25) is 11.8 Å². The van der Waals surface area contributed by atoms with Crippen molar-refractivity contribution >= 4 is 11.9 Å². The predicted octanol–water partition coefficient (Wildman–Crippen LogP) is 3.39. The number of carbonyl (C=O) groups excluding carboxylic acids is 2. The molecule has 7 nitrogen and oxygen atoms in total. The van der Waals surface area contributed by atoms with Gasteiger partial charge in [-0.25, -0.2) is 0 Å². The van der Waals surface area contributed by atoms with Crippen LogP contribution in [0.15, 0.2) is 65.1 Å². The Hall–Kier alpha value is -3.48. The zero-order chi connectivity index (χ0) is 20.2. The van der Waals surface area contributed by atoms with E-state index in [1.165, 1.54) is 0 Å². The Kier molecular flexibility index (Phi) is 5.37. The van der Waals surface area contributed by atoms with Gasteiger partial charge in [-0.1, -0.05) is 48.5 Å². The number of rotatable bonds is 6. The summed E-state index contributed by atoms with van der Waals surface area (Å²) in [6.45, 7) is 2.19. The summed E-state index contributed by atoms with van der Waals surface area (Å²) in [5.74, 6) is -0.384. The van der Waals surface area contributed by atoms with Crippen LogP contribution in [-0.4, -0.2) is 33.5 Å². The van der Waals surface area contributed by atoms with E-state index < -0.39 is 11.9 Å². The molecule has 1 saturated heterocycles. The van der Waals surface area contributed by atoms with Gasteiger partial charge in [-0.2, -0.15) is 0 Å². The summed E-state index contributed by atoms with van der Waals surface area (Å²) >= 11 is 0. The van der Waals surface area contributed by atoms with Gasteiger partial charge in [-0.3, -0.25) is 9.59 Å². The minimum Gasteiger partial charge on any atom is -0.455 e. The third kappa shape index (κ3) is 4.18. The Labute approximate surface area is 168 Å². The summed E-state index contributed by atoms with van der Waals surface area (Å²) in [5.41, 5.74) is 1.83. The van der Waals surface area contributed by atoms with Crippen LogP contribution >= 0.6 is 0 Å². The van der Waals surface area contributed by atoms with Crippen LogP contribution in [0.1, 0.15) is 30.8 Å². The van der Waals surface area contributed by atoms with E-state index >= 15 is 0 Å². The van der Waals surface area contributed by atoms with E-state index in [0.29, 0.717) is 12.4 Å². The van der Waals surface area contributed by atoms with Gasteiger partial charge in [0, 0.05) is 18.5 Å². The van der Waals surface area contributed by atoms with Crippen molar-refractivity contribution in [2.45, 2.75) is 26.0 Å². The largest absolute Gasteiger partial charge is 0.455 e. The molecule has 1 aromatic heterocycles. The fourth-order valence-corrected chi connectivity index (χ4v) is 3.44. The molecule has 0 saturated carbocycles. The first kappa shape index (κ1) is 18.9. The van der Waals surface area contributed by atoms with Crippen molar-refractivity contribution in [1.29, 1.82) is 0 Å². The molecule has 0 aliphatic carbocycles. The molecule has 2 atom stereocenters. The molecule has 0 bridgehead atoms. The van der Waals surface area contributed by atoms with Gasteiger partial charge < -0.3 is 14.1 Å². The third-order valence-corrected chi connectivity index (χ3v) is 5.07. The molecule has 2 heterocycles. The quantitative estimate of drug-likeness (QED) is 0.599. The average Bonchev–Trinajstić information content (AvgIpc) is 3.40. The molecule has 7 heteroatoms. The van der Waals surface area contributed by atoms with Gasteiger partial charge in [-0.05, 0) is 24.6 Å². The minimum atomic E-state index is -0.495. The predicted molar refractivity (Wildman–Crippen MR) is 104 cm³/mol. The fraction of sp³-hybridized carbons (Fsp3) is 0.273. The zero-order valence-corrected chi connectivity index (χ0v) is 16.0. The molecule has 2 aromatic carbocycles. The smallest absolute Gasteiger partial charge is 0.311 e. The second-order valence-electron chi connectivity index (χ2n) is 7.01. The summed E-state index contributed by atoms with van der Waals surface area (Å²) in [4.78, 5) is 26.6. The van der Waals surface area contributed by atoms with Crippen LogP contribution in [0.5, 0.6) is 0 Å². The van der Waals surface area contributed by atoms with Crippen molar-refractivity contribution in [3.05, 3.63) is 72.1 Å². The van der Waals surface area contributed by atoms with Gasteiger partial charge in [0.1, 0.15) is 0 Å². The molecule has 0 unspecified atom stereocenters. The molecule has 3 aromatic rings. The standard InChI is InChI=1S/C22H21N3O4/c1-15(16-8-4-2-5-9-16)25-13-18(12-20(25)26)22(27)28-14-19-23-24-21(29-19)17-10-6-3-7-11-17/h2-11,15,18H,12-14H2,1H3/t15-,18+/m1/s1. The maximum absolute atomic E-state index is 12.5. The van der Waals surface area contributed by atoms with Gasteiger partial charge in [-0.15, -0.1) is 10.2 Å². The topological polar surface area (TPSA) is 85.5 Å².